The Morgan fingerprint density at radius 1 is 1.26 bits per heavy atom. The molecule has 3 heterocycles. The van der Waals surface area contributed by atoms with Gasteiger partial charge in [-0.05, 0) is 25.5 Å². The van der Waals surface area contributed by atoms with Crippen LogP contribution < -0.4 is 26.8 Å². The van der Waals surface area contributed by atoms with Crippen molar-refractivity contribution in [2.24, 2.45) is 0 Å². The number of hydrogen-bond donors (Lipinski definition) is 2. The number of carbonyl (C=O) groups excluding carboxylic acids is 1. The van der Waals surface area contributed by atoms with Gasteiger partial charge in [0.25, 0.3) is 5.56 Å². The molecule has 0 atom stereocenters. The van der Waals surface area contributed by atoms with Crippen LogP contribution in [0.15, 0.2) is 42.6 Å². The summed E-state index contributed by atoms with van der Waals surface area (Å²) in [7, 11) is 0. The van der Waals surface area contributed by atoms with Gasteiger partial charge in [-0.1, -0.05) is 24.7 Å². The summed E-state index contributed by atoms with van der Waals surface area (Å²) in [6, 6.07) is 3.34. The fourth-order valence-corrected chi connectivity index (χ4v) is 4.00. The van der Waals surface area contributed by atoms with Crippen molar-refractivity contribution in [2.45, 2.75) is 52.7 Å². The lowest BCUT2D eigenvalue weighted by molar-refractivity contribution is -0.119. The Kier molecular flexibility index (Phi) is 6.95. The summed E-state index contributed by atoms with van der Waals surface area (Å²) in [4.78, 5) is 53.4. The van der Waals surface area contributed by atoms with Gasteiger partial charge in [-0.2, -0.15) is 0 Å². The molecule has 3 aromatic rings. The molecule has 0 spiro atoms. The molecular weight excluding hydrogens is 422 g/mol. The number of nitrogens with one attached hydrogen (secondary N) is 1. The molecule has 0 bridgehead atoms. The molecule has 0 aliphatic rings. The van der Waals surface area contributed by atoms with Crippen LogP contribution in [0.2, 0.25) is 0 Å². The van der Waals surface area contributed by atoms with Crippen molar-refractivity contribution in [3.05, 3.63) is 65.7 Å². The van der Waals surface area contributed by atoms with Gasteiger partial charge in [0, 0.05) is 30.6 Å². The van der Waals surface area contributed by atoms with Crippen LogP contribution in [0.4, 0.5) is 11.5 Å². The highest BCUT2D eigenvalue weighted by Crippen LogP contribution is 2.21. The number of aromatic amines is 1. The molecule has 0 aromatic carbocycles. The highest BCUT2D eigenvalue weighted by molar-refractivity contribution is 7.07. The van der Waals surface area contributed by atoms with E-state index in [1.807, 2.05) is 6.92 Å². The number of hydrogen-bond acceptors (Lipinski definition) is 7. The van der Waals surface area contributed by atoms with E-state index < -0.39 is 17.2 Å². The molecule has 11 heteroatoms. The van der Waals surface area contributed by atoms with Gasteiger partial charge in [-0.15, -0.1) is 0 Å². The average molecular weight is 448 g/mol. The fourth-order valence-electron chi connectivity index (χ4n) is 3.24. The number of aryl methyl sites for hydroxylation is 1. The molecule has 31 heavy (non-hydrogen) atoms. The Balaban J connectivity index is 1.99. The summed E-state index contributed by atoms with van der Waals surface area (Å²) in [6.45, 7) is 4.19. The fraction of sp³-hybridized carbons (Fsp3) is 0.400. The van der Waals surface area contributed by atoms with Crippen molar-refractivity contribution in [2.75, 3.05) is 10.6 Å². The van der Waals surface area contributed by atoms with Crippen molar-refractivity contribution in [1.29, 1.82) is 0 Å². The lowest BCUT2D eigenvalue weighted by atomic mass is 10.2. The van der Waals surface area contributed by atoms with Gasteiger partial charge in [0.15, 0.2) is 5.69 Å². The number of amides is 1. The van der Waals surface area contributed by atoms with Gasteiger partial charge in [0.1, 0.15) is 11.6 Å². The van der Waals surface area contributed by atoms with E-state index in [1.165, 1.54) is 20.3 Å². The maximum absolute atomic E-state index is 13.2. The van der Waals surface area contributed by atoms with Gasteiger partial charge in [-0.25, -0.2) is 4.79 Å². The number of anilines is 2. The molecule has 0 aliphatic heterocycles. The predicted octanol–water partition coefficient (Wildman–Crippen LogP) is 1.67. The number of thiazole rings is 1. The monoisotopic (exact) mass is 447 g/mol. The number of nitrogens with two attached hydrogens (primary N) is 1. The highest BCUT2D eigenvalue weighted by Gasteiger charge is 2.25. The van der Waals surface area contributed by atoms with Crippen molar-refractivity contribution in [3.8, 4) is 0 Å². The predicted molar refractivity (Wildman–Crippen MR) is 118 cm³/mol. The normalized spacial score (nSPS) is 11.0. The second-order valence-electron chi connectivity index (χ2n) is 7.10. The Hall–Kier alpha value is -3.34. The molecular formula is C20H25N5O5S. The number of furan rings is 1. The van der Waals surface area contributed by atoms with Gasteiger partial charge in [0.05, 0.1) is 12.8 Å². The molecule has 0 radical (unpaired) electrons. The minimum Gasteiger partial charge on any atom is -0.467 e. The number of aromatic nitrogens is 3. The first-order valence-corrected chi connectivity index (χ1v) is 10.8. The molecule has 1 amide bonds. The van der Waals surface area contributed by atoms with Crippen LogP contribution in [0.25, 0.3) is 0 Å². The van der Waals surface area contributed by atoms with Gasteiger partial charge in [-0.3, -0.25) is 28.8 Å². The van der Waals surface area contributed by atoms with E-state index in [4.69, 9.17) is 10.2 Å². The Morgan fingerprint density at radius 2 is 2.03 bits per heavy atom. The minimum absolute atomic E-state index is 0.0366. The van der Waals surface area contributed by atoms with Crippen LogP contribution in [0.1, 0.15) is 37.6 Å². The number of nitrogens with zero attached hydrogens (tertiary/aromatic N) is 3. The van der Waals surface area contributed by atoms with Crippen LogP contribution in [-0.4, -0.2) is 20.0 Å². The summed E-state index contributed by atoms with van der Waals surface area (Å²) in [5, 5.41) is 1.72. The molecule has 0 aliphatic carbocycles. The molecule has 0 saturated carbocycles. The molecule has 3 N–H and O–H groups in total. The van der Waals surface area contributed by atoms with Crippen molar-refractivity contribution in [1.82, 2.24) is 14.1 Å². The second-order valence-corrected chi connectivity index (χ2v) is 7.92. The molecule has 10 nitrogen and oxygen atoms in total. The molecule has 3 rings (SSSR count). The maximum atomic E-state index is 13.2. The van der Waals surface area contributed by atoms with E-state index in [-0.39, 0.29) is 35.9 Å². The number of carbonyl (C=O) groups is 1. The van der Waals surface area contributed by atoms with E-state index in [0.29, 0.717) is 18.7 Å². The average Bonchev–Trinajstić information content (AvgIpc) is 3.35. The quantitative estimate of drug-likeness (QED) is 0.512. The Labute approximate surface area is 181 Å². The number of nitrogen functional groups attached to an aromatic ring is 1. The largest absolute Gasteiger partial charge is 0.467 e. The second kappa shape index (κ2) is 9.65. The van der Waals surface area contributed by atoms with E-state index in [1.54, 1.807) is 24.4 Å². The summed E-state index contributed by atoms with van der Waals surface area (Å²) in [5.74, 6) is -0.0554. The van der Waals surface area contributed by atoms with E-state index in [2.05, 4.69) is 4.98 Å². The van der Waals surface area contributed by atoms with Crippen LogP contribution in [-0.2, 0) is 24.4 Å². The van der Waals surface area contributed by atoms with Gasteiger partial charge in [0.2, 0.25) is 5.91 Å². The van der Waals surface area contributed by atoms with Crippen LogP contribution >= 0.6 is 11.3 Å². The summed E-state index contributed by atoms with van der Waals surface area (Å²) in [6.07, 6.45) is 2.93. The van der Waals surface area contributed by atoms with Crippen LogP contribution in [0, 0.1) is 6.92 Å². The zero-order chi connectivity index (χ0) is 22.5. The third-order valence-electron chi connectivity index (χ3n) is 4.94. The zero-order valence-corrected chi connectivity index (χ0v) is 18.2. The zero-order valence-electron chi connectivity index (χ0n) is 17.4. The first-order valence-electron chi connectivity index (χ1n) is 9.93. The first kappa shape index (κ1) is 22.3. The van der Waals surface area contributed by atoms with E-state index in [9.17, 15) is 19.2 Å². The third-order valence-corrected chi connectivity index (χ3v) is 5.82. The summed E-state index contributed by atoms with van der Waals surface area (Å²) < 4.78 is 8.12. The lowest BCUT2D eigenvalue weighted by Crippen LogP contribution is -2.41. The van der Waals surface area contributed by atoms with Crippen LogP contribution in [0.5, 0.6) is 0 Å². The topological polar surface area (TPSA) is 136 Å². The minimum atomic E-state index is -0.751. The molecule has 0 unspecified atom stereocenters. The van der Waals surface area contributed by atoms with E-state index in [0.717, 1.165) is 23.5 Å². The lowest BCUT2D eigenvalue weighted by Gasteiger charge is -2.24. The molecule has 0 saturated heterocycles. The summed E-state index contributed by atoms with van der Waals surface area (Å²) in [5.41, 5.74) is 5.48. The van der Waals surface area contributed by atoms with Crippen LogP contribution in [0.3, 0.4) is 0 Å². The number of unbranched alkanes of at least 4 members (excludes halogenated alkanes) is 1. The third kappa shape index (κ3) is 4.88. The van der Waals surface area contributed by atoms with Crippen molar-refractivity contribution in [3.63, 3.8) is 0 Å². The standard InChI is InChI=1S/C20H25N5O5S/c1-3-4-8-24-17(21)16(18(27)22-19(24)28)25(11-14-6-5-10-30-14)15(26)7-9-23-13(2)12-31-20(23)29/h5-6,10,12H,3-4,7-9,11,21H2,1-2H3,(H,22,27,28). The number of rotatable bonds is 9. The highest BCUT2D eigenvalue weighted by atomic mass is 32.1. The smallest absolute Gasteiger partial charge is 0.330 e. The van der Waals surface area contributed by atoms with E-state index >= 15 is 0 Å². The SMILES string of the molecule is CCCCn1c(N)c(N(Cc2ccco2)C(=O)CCn2c(C)csc2=O)c(=O)[nH]c1=O. The Morgan fingerprint density at radius 3 is 2.65 bits per heavy atom. The van der Waals surface area contributed by atoms with Gasteiger partial charge < -0.3 is 14.7 Å². The molecule has 166 valence electrons. The molecule has 0 fully saturated rings. The number of H-pyrrole nitrogens is 1. The molecule has 3 aromatic heterocycles. The summed E-state index contributed by atoms with van der Waals surface area (Å²) >= 11 is 1.06. The van der Waals surface area contributed by atoms with Crippen molar-refractivity contribution >= 4 is 28.7 Å². The maximum Gasteiger partial charge on any atom is 0.330 e. The Bertz CT molecular complexity index is 1220. The van der Waals surface area contributed by atoms with Crippen molar-refractivity contribution < 1.29 is 9.21 Å². The first-order chi connectivity index (χ1) is 14.8. The van der Waals surface area contributed by atoms with Gasteiger partial charge >= 0.3 is 10.6 Å².